The number of carbonyl (C=O) groups is 1. The van der Waals surface area contributed by atoms with Gasteiger partial charge in [-0.15, -0.1) is 0 Å². The predicted molar refractivity (Wildman–Crippen MR) is 106 cm³/mol. The van der Waals surface area contributed by atoms with Crippen LogP contribution in [0.3, 0.4) is 0 Å². The number of nitrogens with one attached hydrogen (secondary N) is 1. The zero-order valence-electron chi connectivity index (χ0n) is 15.6. The summed E-state index contributed by atoms with van der Waals surface area (Å²) in [6.07, 6.45) is 2.02. The number of nitrogens with zero attached hydrogens (tertiary/aromatic N) is 1. The van der Waals surface area contributed by atoms with E-state index in [2.05, 4.69) is 5.32 Å². The van der Waals surface area contributed by atoms with Gasteiger partial charge in [-0.2, -0.15) is 0 Å². The van der Waals surface area contributed by atoms with Gasteiger partial charge in [0.25, 0.3) is 15.9 Å². The van der Waals surface area contributed by atoms with Crippen molar-refractivity contribution in [2.24, 2.45) is 0 Å². The van der Waals surface area contributed by atoms with E-state index >= 15 is 0 Å². The highest BCUT2D eigenvalue weighted by Crippen LogP contribution is 2.37. The molecule has 0 radical (unpaired) electrons. The van der Waals surface area contributed by atoms with Gasteiger partial charge in [-0.05, 0) is 73.5 Å². The first-order valence-electron chi connectivity index (χ1n) is 9.10. The van der Waals surface area contributed by atoms with Gasteiger partial charge in [0.1, 0.15) is 11.6 Å². The van der Waals surface area contributed by atoms with Crippen LogP contribution in [0.5, 0.6) is 0 Å². The van der Waals surface area contributed by atoms with Crippen LogP contribution in [0.1, 0.15) is 28.6 Å². The second-order valence-electron chi connectivity index (χ2n) is 6.91. The number of hydrogen-bond donors (Lipinski definition) is 1. The lowest BCUT2D eigenvalue weighted by Crippen LogP contribution is -2.35. The Hall–Kier alpha value is -3.13. The van der Waals surface area contributed by atoms with Crippen LogP contribution < -0.4 is 9.62 Å². The van der Waals surface area contributed by atoms with Crippen molar-refractivity contribution in [3.8, 4) is 0 Å². The van der Waals surface area contributed by atoms with Crippen LogP contribution in [0.4, 0.5) is 10.1 Å². The monoisotopic (exact) mass is 414 g/mol. The molecule has 4 rings (SSSR count). The third-order valence-corrected chi connectivity index (χ3v) is 6.81. The first-order valence-corrected chi connectivity index (χ1v) is 10.5. The summed E-state index contributed by atoms with van der Waals surface area (Å²) in [6, 6.07) is 12.9. The Morgan fingerprint density at radius 1 is 1.21 bits per heavy atom. The highest BCUT2D eigenvalue weighted by atomic mass is 32.2. The zero-order chi connectivity index (χ0) is 20.6. The van der Waals surface area contributed by atoms with Gasteiger partial charge in [0.2, 0.25) is 0 Å². The first-order chi connectivity index (χ1) is 13.9. The SMILES string of the molecule is C[C@@H]1Cc2cc(C(=O)NCc3ccco3)ccc2N1S(=O)(=O)c1ccc(F)cc1. The molecule has 0 unspecified atom stereocenters. The van der Waals surface area contributed by atoms with E-state index in [1.54, 1.807) is 37.3 Å². The molecular formula is C21H19FN2O4S. The van der Waals surface area contributed by atoms with Crippen molar-refractivity contribution < 1.29 is 22.0 Å². The molecule has 6 nitrogen and oxygen atoms in total. The summed E-state index contributed by atoms with van der Waals surface area (Å²) < 4.78 is 45.9. The van der Waals surface area contributed by atoms with Gasteiger partial charge in [0, 0.05) is 11.6 Å². The molecule has 3 aromatic rings. The molecule has 0 fully saturated rings. The van der Waals surface area contributed by atoms with Crippen molar-refractivity contribution in [2.45, 2.75) is 30.8 Å². The van der Waals surface area contributed by atoms with Crippen LogP contribution in [-0.4, -0.2) is 20.4 Å². The summed E-state index contributed by atoms with van der Waals surface area (Å²) in [7, 11) is -3.84. The fraction of sp³-hybridized carbons (Fsp3) is 0.190. The molecule has 1 N–H and O–H groups in total. The molecule has 0 spiro atoms. The quantitative estimate of drug-likeness (QED) is 0.693. The van der Waals surface area contributed by atoms with Crippen molar-refractivity contribution in [1.29, 1.82) is 0 Å². The number of benzene rings is 2. The molecule has 0 saturated heterocycles. The standard InChI is InChI=1S/C21H19FN2O4S/c1-14-11-16-12-15(21(25)23-13-18-3-2-10-28-18)4-9-20(16)24(14)29(26,27)19-7-5-17(22)6-8-19/h2-10,12,14H,11,13H2,1H3,(H,23,25)/t14-/m1/s1. The van der Waals surface area contributed by atoms with Crippen molar-refractivity contribution in [1.82, 2.24) is 5.32 Å². The summed E-state index contributed by atoms with van der Waals surface area (Å²) in [5, 5.41) is 2.78. The number of rotatable bonds is 5. The smallest absolute Gasteiger partial charge is 0.264 e. The topological polar surface area (TPSA) is 79.6 Å². The molecule has 1 amide bonds. The Kier molecular flexibility index (Phi) is 4.87. The van der Waals surface area contributed by atoms with Crippen LogP contribution in [0, 0.1) is 5.82 Å². The third kappa shape index (κ3) is 3.63. The van der Waals surface area contributed by atoms with Crippen LogP contribution in [0.15, 0.2) is 70.2 Å². The summed E-state index contributed by atoms with van der Waals surface area (Å²) >= 11 is 0. The van der Waals surface area contributed by atoms with Gasteiger partial charge in [-0.25, -0.2) is 12.8 Å². The number of sulfonamides is 1. The number of hydrogen-bond acceptors (Lipinski definition) is 4. The lowest BCUT2D eigenvalue weighted by Gasteiger charge is -2.24. The van der Waals surface area contributed by atoms with Crippen molar-refractivity contribution in [3.63, 3.8) is 0 Å². The molecule has 1 aliphatic heterocycles. The number of carbonyl (C=O) groups excluding carboxylic acids is 1. The Labute approximate surface area is 168 Å². The maximum Gasteiger partial charge on any atom is 0.264 e. The van der Waals surface area contributed by atoms with E-state index in [0.29, 0.717) is 23.4 Å². The number of amides is 1. The Morgan fingerprint density at radius 2 is 1.97 bits per heavy atom. The number of fused-ring (bicyclic) bond motifs is 1. The van der Waals surface area contributed by atoms with Crippen LogP contribution in [0.2, 0.25) is 0 Å². The Morgan fingerprint density at radius 3 is 2.66 bits per heavy atom. The highest BCUT2D eigenvalue weighted by molar-refractivity contribution is 7.92. The predicted octanol–water partition coefficient (Wildman–Crippen LogP) is 3.49. The van der Waals surface area contributed by atoms with Crippen molar-refractivity contribution in [3.05, 3.63) is 83.6 Å². The Bertz CT molecular complexity index is 1140. The normalized spacial score (nSPS) is 15.9. The summed E-state index contributed by atoms with van der Waals surface area (Å²) in [6.45, 7) is 2.07. The van der Waals surface area contributed by atoms with Crippen molar-refractivity contribution >= 4 is 21.6 Å². The number of halogens is 1. The molecule has 0 aliphatic carbocycles. The van der Waals surface area contributed by atoms with Gasteiger partial charge in [-0.3, -0.25) is 9.10 Å². The van der Waals surface area contributed by atoms with Gasteiger partial charge in [-0.1, -0.05) is 0 Å². The summed E-state index contributed by atoms with van der Waals surface area (Å²) in [5.74, 6) is -0.120. The van der Waals surface area contributed by atoms with E-state index in [4.69, 9.17) is 4.42 Å². The fourth-order valence-corrected chi connectivity index (χ4v) is 5.21. The second kappa shape index (κ2) is 7.36. The van der Waals surface area contributed by atoms with Gasteiger partial charge in [0.15, 0.2) is 0 Å². The van der Waals surface area contributed by atoms with Crippen molar-refractivity contribution in [2.75, 3.05) is 4.31 Å². The second-order valence-corrected chi connectivity index (χ2v) is 8.73. The van der Waals surface area contributed by atoms with E-state index in [-0.39, 0.29) is 23.4 Å². The first kappa shape index (κ1) is 19.2. The number of anilines is 1. The maximum absolute atomic E-state index is 13.2. The summed E-state index contributed by atoms with van der Waals surface area (Å²) in [5.41, 5.74) is 1.75. The Balaban J connectivity index is 1.59. The molecule has 1 aromatic heterocycles. The molecule has 0 saturated carbocycles. The van der Waals surface area contributed by atoms with E-state index < -0.39 is 15.8 Å². The maximum atomic E-state index is 13.2. The minimum atomic E-state index is -3.84. The van der Waals surface area contributed by atoms with E-state index in [9.17, 15) is 17.6 Å². The molecule has 150 valence electrons. The lowest BCUT2D eigenvalue weighted by atomic mass is 10.1. The fourth-order valence-electron chi connectivity index (χ4n) is 3.51. The molecule has 8 heteroatoms. The van der Waals surface area contributed by atoms with Crippen LogP contribution >= 0.6 is 0 Å². The molecule has 1 aliphatic rings. The molecule has 29 heavy (non-hydrogen) atoms. The molecular weight excluding hydrogens is 395 g/mol. The van der Waals surface area contributed by atoms with E-state index in [1.165, 1.54) is 22.7 Å². The average molecular weight is 414 g/mol. The van der Waals surface area contributed by atoms with Crippen LogP contribution in [0.25, 0.3) is 0 Å². The van der Waals surface area contributed by atoms with Gasteiger partial charge >= 0.3 is 0 Å². The number of furan rings is 1. The summed E-state index contributed by atoms with van der Waals surface area (Å²) in [4.78, 5) is 12.5. The largest absolute Gasteiger partial charge is 0.467 e. The molecule has 2 heterocycles. The molecule has 1 atom stereocenters. The van der Waals surface area contributed by atoms with Crippen LogP contribution in [-0.2, 0) is 23.0 Å². The van der Waals surface area contributed by atoms with E-state index in [0.717, 1.165) is 17.7 Å². The average Bonchev–Trinajstić information content (AvgIpc) is 3.32. The van der Waals surface area contributed by atoms with E-state index in [1.807, 2.05) is 0 Å². The lowest BCUT2D eigenvalue weighted by molar-refractivity contribution is 0.0948. The van der Waals surface area contributed by atoms with Gasteiger partial charge in [0.05, 0.1) is 23.4 Å². The minimum Gasteiger partial charge on any atom is -0.467 e. The molecule has 2 aromatic carbocycles. The van der Waals surface area contributed by atoms with Gasteiger partial charge < -0.3 is 9.73 Å². The zero-order valence-corrected chi connectivity index (χ0v) is 16.4. The third-order valence-electron chi connectivity index (χ3n) is 4.87. The highest BCUT2D eigenvalue weighted by Gasteiger charge is 2.36. The minimum absolute atomic E-state index is 0.0267. The molecule has 0 bridgehead atoms.